The zero-order valence-electron chi connectivity index (χ0n) is 10.8. The van der Waals surface area contributed by atoms with Crippen LogP contribution in [0, 0.1) is 17.5 Å². The standard InChI is InChI=1S/C14H14F3N3/c1-2-19-13(9-4-3-7-20-14(9)18)8-5-6-10(15)12(17)11(8)16/h3-7,13,19H,2H2,1H3,(H2,18,20). The summed E-state index contributed by atoms with van der Waals surface area (Å²) in [7, 11) is 0. The van der Waals surface area contributed by atoms with Gasteiger partial charge in [0.1, 0.15) is 5.82 Å². The van der Waals surface area contributed by atoms with Gasteiger partial charge in [0.2, 0.25) is 0 Å². The maximum absolute atomic E-state index is 13.9. The van der Waals surface area contributed by atoms with Crippen molar-refractivity contribution >= 4 is 5.82 Å². The number of aromatic nitrogens is 1. The fourth-order valence-electron chi connectivity index (χ4n) is 2.03. The second-order valence-corrected chi connectivity index (χ2v) is 4.23. The van der Waals surface area contributed by atoms with Gasteiger partial charge in [0.05, 0.1) is 6.04 Å². The highest BCUT2D eigenvalue weighted by atomic mass is 19.2. The monoisotopic (exact) mass is 281 g/mol. The van der Waals surface area contributed by atoms with E-state index in [9.17, 15) is 13.2 Å². The molecule has 0 saturated carbocycles. The molecular weight excluding hydrogens is 267 g/mol. The molecular formula is C14H14F3N3. The summed E-state index contributed by atoms with van der Waals surface area (Å²) in [5.74, 6) is -3.73. The Morgan fingerprint density at radius 2 is 1.90 bits per heavy atom. The van der Waals surface area contributed by atoms with Gasteiger partial charge < -0.3 is 11.1 Å². The Kier molecular flexibility index (Phi) is 4.24. The van der Waals surface area contributed by atoms with Crippen molar-refractivity contribution in [3.8, 4) is 0 Å². The Morgan fingerprint density at radius 1 is 1.15 bits per heavy atom. The highest BCUT2D eigenvalue weighted by Crippen LogP contribution is 2.29. The molecule has 2 rings (SSSR count). The molecule has 0 amide bonds. The van der Waals surface area contributed by atoms with Crippen LogP contribution in [0.3, 0.4) is 0 Å². The highest BCUT2D eigenvalue weighted by molar-refractivity contribution is 5.46. The quantitative estimate of drug-likeness (QED) is 0.847. The lowest BCUT2D eigenvalue weighted by atomic mass is 9.98. The van der Waals surface area contributed by atoms with Crippen LogP contribution < -0.4 is 11.1 Å². The summed E-state index contributed by atoms with van der Waals surface area (Å²) in [5, 5.41) is 2.99. The summed E-state index contributed by atoms with van der Waals surface area (Å²) in [6, 6.07) is 4.71. The summed E-state index contributed by atoms with van der Waals surface area (Å²) in [6.07, 6.45) is 1.50. The third kappa shape index (κ3) is 2.60. The number of benzene rings is 1. The van der Waals surface area contributed by atoms with Gasteiger partial charge in [-0.25, -0.2) is 18.2 Å². The minimum atomic E-state index is -1.49. The molecule has 6 heteroatoms. The predicted octanol–water partition coefficient (Wildman–Crippen LogP) is 2.78. The Labute approximate surface area is 114 Å². The van der Waals surface area contributed by atoms with Crippen LogP contribution in [0.4, 0.5) is 19.0 Å². The van der Waals surface area contributed by atoms with Crippen LogP contribution in [0.15, 0.2) is 30.5 Å². The predicted molar refractivity (Wildman–Crippen MR) is 70.5 cm³/mol. The van der Waals surface area contributed by atoms with E-state index in [2.05, 4.69) is 10.3 Å². The number of nitrogens with one attached hydrogen (secondary N) is 1. The summed E-state index contributed by atoms with van der Waals surface area (Å²) in [5.41, 5.74) is 6.27. The summed E-state index contributed by atoms with van der Waals surface area (Å²) in [4.78, 5) is 3.92. The fourth-order valence-corrected chi connectivity index (χ4v) is 2.03. The first-order chi connectivity index (χ1) is 9.56. The molecule has 0 bridgehead atoms. The van der Waals surface area contributed by atoms with Crippen molar-refractivity contribution in [3.05, 3.63) is 59.0 Å². The number of hydrogen-bond donors (Lipinski definition) is 2. The average Bonchev–Trinajstić information content (AvgIpc) is 2.44. The van der Waals surface area contributed by atoms with E-state index in [1.165, 1.54) is 12.3 Å². The molecule has 1 heterocycles. The molecule has 0 spiro atoms. The van der Waals surface area contributed by atoms with Crippen LogP contribution in [0.2, 0.25) is 0 Å². The van der Waals surface area contributed by atoms with E-state index in [1.807, 2.05) is 6.92 Å². The Bertz CT molecular complexity index is 617. The fraction of sp³-hybridized carbons (Fsp3) is 0.214. The van der Waals surface area contributed by atoms with Crippen LogP contribution >= 0.6 is 0 Å². The Balaban J connectivity index is 2.55. The molecule has 106 valence electrons. The van der Waals surface area contributed by atoms with Gasteiger partial charge >= 0.3 is 0 Å². The topological polar surface area (TPSA) is 50.9 Å². The number of halogens is 3. The van der Waals surface area contributed by atoms with Gasteiger partial charge in [-0.15, -0.1) is 0 Å². The number of pyridine rings is 1. The molecule has 20 heavy (non-hydrogen) atoms. The van der Waals surface area contributed by atoms with E-state index in [-0.39, 0.29) is 11.4 Å². The average molecular weight is 281 g/mol. The maximum Gasteiger partial charge on any atom is 0.194 e. The second-order valence-electron chi connectivity index (χ2n) is 4.23. The number of anilines is 1. The third-order valence-electron chi connectivity index (χ3n) is 2.97. The molecule has 0 aliphatic rings. The van der Waals surface area contributed by atoms with Gasteiger partial charge in [-0.3, -0.25) is 0 Å². The summed E-state index contributed by atoms with van der Waals surface area (Å²) >= 11 is 0. The van der Waals surface area contributed by atoms with Crippen LogP contribution in [0.1, 0.15) is 24.1 Å². The van der Waals surface area contributed by atoms with Crippen molar-refractivity contribution in [2.45, 2.75) is 13.0 Å². The molecule has 1 aromatic heterocycles. The van der Waals surface area contributed by atoms with E-state index in [1.54, 1.807) is 12.1 Å². The van der Waals surface area contributed by atoms with Gasteiger partial charge in [-0.05, 0) is 18.7 Å². The van der Waals surface area contributed by atoms with Crippen molar-refractivity contribution in [2.24, 2.45) is 0 Å². The molecule has 2 aromatic rings. The Hall–Kier alpha value is -2.08. The summed E-state index contributed by atoms with van der Waals surface area (Å²) in [6.45, 7) is 2.31. The maximum atomic E-state index is 13.9. The molecule has 3 nitrogen and oxygen atoms in total. The lowest BCUT2D eigenvalue weighted by molar-refractivity contribution is 0.433. The smallest absolute Gasteiger partial charge is 0.194 e. The van der Waals surface area contributed by atoms with Crippen molar-refractivity contribution in [3.63, 3.8) is 0 Å². The number of nitrogens with zero attached hydrogens (tertiary/aromatic N) is 1. The van der Waals surface area contributed by atoms with E-state index in [4.69, 9.17) is 5.73 Å². The van der Waals surface area contributed by atoms with Crippen molar-refractivity contribution in [2.75, 3.05) is 12.3 Å². The zero-order chi connectivity index (χ0) is 14.7. The van der Waals surface area contributed by atoms with Crippen LogP contribution in [0.5, 0.6) is 0 Å². The Morgan fingerprint density at radius 3 is 2.55 bits per heavy atom. The summed E-state index contributed by atoms with van der Waals surface area (Å²) < 4.78 is 40.3. The number of rotatable bonds is 4. The number of hydrogen-bond acceptors (Lipinski definition) is 3. The first-order valence-electron chi connectivity index (χ1n) is 6.13. The largest absolute Gasteiger partial charge is 0.383 e. The van der Waals surface area contributed by atoms with Crippen LogP contribution in [-0.2, 0) is 0 Å². The van der Waals surface area contributed by atoms with Crippen LogP contribution in [0.25, 0.3) is 0 Å². The molecule has 3 N–H and O–H groups in total. The van der Waals surface area contributed by atoms with Crippen LogP contribution in [-0.4, -0.2) is 11.5 Å². The lowest BCUT2D eigenvalue weighted by Crippen LogP contribution is -2.24. The van der Waals surface area contributed by atoms with Gasteiger partial charge in [0.25, 0.3) is 0 Å². The number of nitrogens with two attached hydrogens (primary N) is 1. The van der Waals surface area contributed by atoms with Crippen molar-refractivity contribution < 1.29 is 13.2 Å². The lowest BCUT2D eigenvalue weighted by Gasteiger charge is -2.20. The van der Waals surface area contributed by atoms with E-state index in [0.29, 0.717) is 12.1 Å². The normalized spacial score (nSPS) is 12.4. The molecule has 0 radical (unpaired) electrons. The number of nitrogen functional groups attached to an aromatic ring is 1. The van der Waals surface area contributed by atoms with E-state index >= 15 is 0 Å². The van der Waals surface area contributed by atoms with Crippen molar-refractivity contribution in [1.82, 2.24) is 10.3 Å². The van der Waals surface area contributed by atoms with E-state index < -0.39 is 23.5 Å². The first-order valence-corrected chi connectivity index (χ1v) is 6.13. The molecule has 0 fully saturated rings. The van der Waals surface area contributed by atoms with Gasteiger partial charge in [0.15, 0.2) is 17.5 Å². The van der Waals surface area contributed by atoms with Crippen molar-refractivity contribution in [1.29, 1.82) is 0 Å². The molecule has 0 aliphatic carbocycles. The second kappa shape index (κ2) is 5.92. The highest BCUT2D eigenvalue weighted by Gasteiger charge is 2.23. The third-order valence-corrected chi connectivity index (χ3v) is 2.97. The molecule has 0 saturated heterocycles. The van der Waals surface area contributed by atoms with E-state index in [0.717, 1.165) is 6.07 Å². The van der Waals surface area contributed by atoms with Gasteiger partial charge in [-0.1, -0.05) is 19.1 Å². The minimum Gasteiger partial charge on any atom is -0.383 e. The SMILES string of the molecule is CCNC(c1cccnc1N)c1ccc(F)c(F)c1F. The molecule has 1 atom stereocenters. The van der Waals surface area contributed by atoms with Gasteiger partial charge in [-0.2, -0.15) is 0 Å². The first kappa shape index (κ1) is 14.3. The molecule has 1 aromatic carbocycles. The van der Waals surface area contributed by atoms with Gasteiger partial charge in [0, 0.05) is 17.3 Å². The minimum absolute atomic E-state index is 0.00884. The molecule has 1 unspecified atom stereocenters. The molecule has 0 aliphatic heterocycles. The zero-order valence-corrected chi connectivity index (χ0v) is 10.8.